The van der Waals surface area contributed by atoms with Gasteiger partial charge in [0, 0.05) is 12.6 Å². The van der Waals surface area contributed by atoms with Crippen LogP contribution in [0.3, 0.4) is 0 Å². The summed E-state index contributed by atoms with van der Waals surface area (Å²) in [6, 6.07) is 6.31. The van der Waals surface area contributed by atoms with E-state index in [1.807, 2.05) is 6.92 Å². The van der Waals surface area contributed by atoms with Gasteiger partial charge in [-0.3, -0.25) is 0 Å². The maximum Gasteiger partial charge on any atom is 0.339 e. The molecule has 0 atom stereocenters. The minimum absolute atomic E-state index is 0.0415. The Morgan fingerprint density at radius 3 is 2.57 bits per heavy atom. The highest BCUT2D eigenvalue weighted by Crippen LogP contribution is 2.33. The van der Waals surface area contributed by atoms with Crippen LogP contribution in [-0.2, 0) is 14.8 Å². The van der Waals surface area contributed by atoms with E-state index in [4.69, 9.17) is 0 Å². The SMILES string of the molecule is CCCCN(C1CC1)S(=O)(=O)c1ccccc1C(=O)OC. The zero-order chi connectivity index (χ0) is 15.5. The van der Waals surface area contributed by atoms with E-state index in [1.165, 1.54) is 23.5 Å². The quantitative estimate of drug-likeness (QED) is 0.726. The van der Waals surface area contributed by atoms with Gasteiger partial charge in [0.15, 0.2) is 0 Å². The highest BCUT2D eigenvalue weighted by atomic mass is 32.2. The van der Waals surface area contributed by atoms with Crippen molar-refractivity contribution in [1.29, 1.82) is 0 Å². The average Bonchev–Trinajstić information content (AvgIpc) is 3.31. The Labute approximate surface area is 126 Å². The number of nitrogens with zero attached hydrogens (tertiary/aromatic N) is 1. The van der Waals surface area contributed by atoms with Crippen LogP contribution in [0, 0.1) is 0 Å². The van der Waals surface area contributed by atoms with Crippen LogP contribution in [0.2, 0.25) is 0 Å². The predicted molar refractivity (Wildman–Crippen MR) is 79.6 cm³/mol. The summed E-state index contributed by atoms with van der Waals surface area (Å²) in [7, 11) is -2.41. The van der Waals surface area contributed by atoms with Gasteiger partial charge in [-0.25, -0.2) is 13.2 Å². The van der Waals surface area contributed by atoms with Gasteiger partial charge in [0.1, 0.15) is 0 Å². The van der Waals surface area contributed by atoms with E-state index in [9.17, 15) is 13.2 Å². The first kappa shape index (κ1) is 16.0. The molecule has 0 aromatic heterocycles. The normalized spacial score (nSPS) is 15.2. The number of hydrogen-bond donors (Lipinski definition) is 0. The first-order chi connectivity index (χ1) is 10.0. The maximum absolute atomic E-state index is 12.9. The number of unbranched alkanes of at least 4 members (excludes halogenated alkanes) is 1. The van der Waals surface area contributed by atoms with Gasteiger partial charge in [-0.05, 0) is 31.4 Å². The molecule has 2 rings (SSSR count). The maximum atomic E-state index is 12.9. The number of benzene rings is 1. The van der Waals surface area contributed by atoms with Crippen molar-refractivity contribution in [1.82, 2.24) is 4.31 Å². The largest absolute Gasteiger partial charge is 0.465 e. The van der Waals surface area contributed by atoms with Crippen molar-refractivity contribution < 1.29 is 17.9 Å². The van der Waals surface area contributed by atoms with Crippen molar-refractivity contribution in [3.8, 4) is 0 Å². The van der Waals surface area contributed by atoms with Gasteiger partial charge in [0.2, 0.25) is 10.0 Å². The van der Waals surface area contributed by atoms with E-state index in [2.05, 4.69) is 4.74 Å². The van der Waals surface area contributed by atoms with Crippen molar-refractivity contribution in [2.75, 3.05) is 13.7 Å². The Morgan fingerprint density at radius 1 is 1.33 bits per heavy atom. The number of hydrogen-bond acceptors (Lipinski definition) is 4. The highest BCUT2D eigenvalue weighted by Gasteiger charge is 2.39. The molecule has 0 N–H and O–H groups in total. The van der Waals surface area contributed by atoms with Gasteiger partial charge in [0.05, 0.1) is 17.6 Å². The van der Waals surface area contributed by atoms with Gasteiger partial charge in [-0.1, -0.05) is 25.5 Å². The lowest BCUT2D eigenvalue weighted by Gasteiger charge is -2.22. The molecule has 1 saturated carbocycles. The molecule has 0 amide bonds. The fourth-order valence-corrected chi connectivity index (χ4v) is 4.18. The molecule has 6 heteroatoms. The molecule has 1 aliphatic rings. The summed E-state index contributed by atoms with van der Waals surface area (Å²) in [5.41, 5.74) is 0.0992. The van der Waals surface area contributed by atoms with Crippen molar-refractivity contribution in [2.24, 2.45) is 0 Å². The fraction of sp³-hybridized carbons (Fsp3) is 0.533. The van der Waals surface area contributed by atoms with Gasteiger partial charge in [-0.2, -0.15) is 4.31 Å². The van der Waals surface area contributed by atoms with E-state index < -0.39 is 16.0 Å². The van der Waals surface area contributed by atoms with Crippen LogP contribution < -0.4 is 0 Å². The molecular weight excluding hydrogens is 290 g/mol. The van der Waals surface area contributed by atoms with Crippen LogP contribution in [0.4, 0.5) is 0 Å². The number of carbonyl (C=O) groups is 1. The fourth-order valence-electron chi connectivity index (χ4n) is 2.27. The summed E-state index contributed by atoms with van der Waals surface area (Å²) in [5.74, 6) is -0.625. The molecule has 0 bridgehead atoms. The number of ether oxygens (including phenoxy) is 1. The molecule has 0 heterocycles. The Kier molecular flexibility index (Phi) is 5.00. The number of esters is 1. The number of methoxy groups -OCH3 is 1. The van der Waals surface area contributed by atoms with Gasteiger partial charge >= 0.3 is 5.97 Å². The Balaban J connectivity index is 2.40. The van der Waals surface area contributed by atoms with E-state index in [0.717, 1.165) is 25.7 Å². The second kappa shape index (κ2) is 6.58. The first-order valence-electron chi connectivity index (χ1n) is 7.21. The minimum Gasteiger partial charge on any atom is -0.465 e. The molecule has 0 unspecified atom stereocenters. The smallest absolute Gasteiger partial charge is 0.339 e. The molecule has 0 spiro atoms. The van der Waals surface area contributed by atoms with Crippen LogP contribution in [0.1, 0.15) is 43.0 Å². The molecule has 0 radical (unpaired) electrons. The lowest BCUT2D eigenvalue weighted by molar-refractivity contribution is 0.0596. The molecule has 116 valence electrons. The molecule has 5 nitrogen and oxygen atoms in total. The molecule has 1 aromatic carbocycles. The summed E-state index contributed by atoms with van der Waals surface area (Å²) in [4.78, 5) is 11.8. The second-order valence-corrected chi connectivity index (χ2v) is 7.05. The van der Waals surface area contributed by atoms with Gasteiger partial charge in [-0.15, -0.1) is 0 Å². The monoisotopic (exact) mass is 311 g/mol. The molecular formula is C15H21NO4S. The van der Waals surface area contributed by atoms with E-state index in [0.29, 0.717) is 6.54 Å². The number of rotatable bonds is 7. The standard InChI is InChI=1S/C15H21NO4S/c1-3-4-11-16(12-9-10-12)21(18,19)14-8-6-5-7-13(14)15(17)20-2/h5-8,12H,3-4,9-11H2,1-2H3. The third-order valence-corrected chi connectivity index (χ3v) is 5.58. The summed E-state index contributed by atoms with van der Waals surface area (Å²) in [6.45, 7) is 2.53. The molecule has 0 saturated heterocycles. The van der Waals surface area contributed by atoms with E-state index in [-0.39, 0.29) is 16.5 Å². The van der Waals surface area contributed by atoms with Gasteiger partial charge in [0.25, 0.3) is 0 Å². The van der Waals surface area contributed by atoms with E-state index >= 15 is 0 Å². The van der Waals surface area contributed by atoms with Crippen LogP contribution in [0.25, 0.3) is 0 Å². The Bertz CT molecular complexity index is 608. The molecule has 21 heavy (non-hydrogen) atoms. The summed E-state index contributed by atoms with van der Waals surface area (Å²) in [6.07, 6.45) is 3.53. The predicted octanol–water partition coefficient (Wildman–Crippen LogP) is 2.43. The van der Waals surface area contributed by atoms with Crippen molar-refractivity contribution in [2.45, 2.75) is 43.5 Å². The number of carbonyl (C=O) groups excluding carboxylic acids is 1. The second-order valence-electron chi connectivity index (χ2n) is 5.19. The molecule has 1 fully saturated rings. The highest BCUT2D eigenvalue weighted by molar-refractivity contribution is 7.89. The van der Waals surface area contributed by atoms with Crippen molar-refractivity contribution in [3.63, 3.8) is 0 Å². The zero-order valence-electron chi connectivity index (χ0n) is 12.4. The van der Waals surface area contributed by atoms with Gasteiger partial charge < -0.3 is 4.74 Å². The van der Waals surface area contributed by atoms with Crippen LogP contribution in [0.5, 0.6) is 0 Å². The Hall–Kier alpha value is -1.40. The lowest BCUT2D eigenvalue weighted by Crippen LogP contribution is -2.35. The summed E-state index contributed by atoms with van der Waals surface area (Å²) in [5, 5.41) is 0. The third kappa shape index (κ3) is 3.44. The molecule has 1 aromatic rings. The summed E-state index contributed by atoms with van der Waals surface area (Å²) >= 11 is 0. The van der Waals surface area contributed by atoms with E-state index in [1.54, 1.807) is 12.1 Å². The summed E-state index contributed by atoms with van der Waals surface area (Å²) < 4.78 is 32.0. The lowest BCUT2D eigenvalue weighted by atomic mass is 10.2. The Morgan fingerprint density at radius 2 is 2.00 bits per heavy atom. The van der Waals surface area contributed by atoms with Crippen LogP contribution in [0.15, 0.2) is 29.2 Å². The third-order valence-electron chi connectivity index (χ3n) is 3.57. The number of sulfonamides is 1. The zero-order valence-corrected chi connectivity index (χ0v) is 13.2. The average molecular weight is 311 g/mol. The first-order valence-corrected chi connectivity index (χ1v) is 8.65. The molecule has 1 aliphatic carbocycles. The van der Waals surface area contributed by atoms with Crippen molar-refractivity contribution >= 4 is 16.0 Å². The minimum atomic E-state index is -3.66. The van der Waals surface area contributed by atoms with Crippen molar-refractivity contribution in [3.05, 3.63) is 29.8 Å². The van der Waals surface area contributed by atoms with Crippen LogP contribution >= 0.6 is 0 Å². The van der Waals surface area contributed by atoms with Crippen LogP contribution in [-0.4, -0.2) is 38.4 Å². The molecule has 0 aliphatic heterocycles. The topological polar surface area (TPSA) is 63.7 Å².